The normalized spacial score (nSPS) is 16.1. The van der Waals surface area contributed by atoms with E-state index < -0.39 is 17.8 Å². The predicted octanol–water partition coefficient (Wildman–Crippen LogP) is 6.85. The molecule has 1 aliphatic rings. The quantitative estimate of drug-likeness (QED) is 0.222. The number of halogens is 4. The molecule has 0 unspecified atom stereocenters. The van der Waals surface area contributed by atoms with E-state index in [1.54, 1.807) is 54.5 Å². The van der Waals surface area contributed by atoms with Gasteiger partial charge in [0.1, 0.15) is 11.5 Å². The third-order valence-corrected chi connectivity index (χ3v) is 6.63. The van der Waals surface area contributed by atoms with Crippen LogP contribution in [0.3, 0.4) is 0 Å². The number of ether oxygens (including phenoxy) is 2. The lowest BCUT2D eigenvalue weighted by Gasteiger charge is -2.25. The summed E-state index contributed by atoms with van der Waals surface area (Å²) < 4.78 is 51.8. The molecule has 0 aliphatic carbocycles. The number of alkyl halides is 3. The van der Waals surface area contributed by atoms with Crippen LogP contribution in [0.15, 0.2) is 90.2 Å². The first-order chi connectivity index (χ1) is 19.7. The van der Waals surface area contributed by atoms with E-state index in [1.807, 2.05) is 23.2 Å². The first-order valence-electron chi connectivity index (χ1n) is 12.3. The molecule has 0 bridgehead atoms. The molecule has 5 rings (SSSR count). The Morgan fingerprint density at radius 1 is 1.02 bits per heavy atom. The number of methoxy groups -OCH3 is 1. The van der Waals surface area contributed by atoms with Gasteiger partial charge in [0.15, 0.2) is 5.82 Å². The van der Waals surface area contributed by atoms with Crippen molar-refractivity contribution in [3.05, 3.63) is 107 Å². The molecule has 0 spiro atoms. The van der Waals surface area contributed by atoms with Crippen molar-refractivity contribution in [2.45, 2.75) is 18.8 Å². The number of hydrogen-bond donors (Lipinski definition) is 0. The summed E-state index contributed by atoms with van der Waals surface area (Å²) in [6, 6.07) is 18.5. The van der Waals surface area contributed by atoms with Gasteiger partial charge in [-0.3, -0.25) is 4.90 Å². The highest BCUT2D eigenvalue weighted by molar-refractivity contribution is 6.30. The molecule has 41 heavy (non-hydrogen) atoms. The predicted molar refractivity (Wildman–Crippen MR) is 147 cm³/mol. The van der Waals surface area contributed by atoms with Gasteiger partial charge in [-0.1, -0.05) is 35.9 Å². The van der Waals surface area contributed by atoms with Crippen molar-refractivity contribution in [3.8, 4) is 23.6 Å². The summed E-state index contributed by atoms with van der Waals surface area (Å²) >= 11 is 5.93. The second-order valence-corrected chi connectivity index (χ2v) is 9.45. The van der Waals surface area contributed by atoms with Gasteiger partial charge in [0, 0.05) is 18.1 Å². The lowest BCUT2D eigenvalue weighted by atomic mass is 10.0. The molecule has 2 heterocycles. The molecule has 1 aliphatic heterocycles. The van der Waals surface area contributed by atoms with E-state index in [-0.39, 0.29) is 24.2 Å². The van der Waals surface area contributed by atoms with Crippen molar-refractivity contribution in [1.82, 2.24) is 14.9 Å². The largest absolute Gasteiger partial charge is 0.497 e. The van der Waals surface area contributed by atoms with Crippen LogP contribution in [-0.2, 0) is 12.7 Å². The lowest BCUT2D eigenvalue weighted by molar-refractivity contribution is -0.137. The van der Waals surface area contributed by atoms with E-state index >= 15 is 0 Å². The number of benzene rings is 3. The van der Waals surface area contributed by atoms with Crippen molar-refractivity contribution in [2.75, 3.05) is 18.6 Å². The number of hydrogen-bond acceptors (Lipinski definition) is 6. The van der Waals surface area contributed by atoms with Crippen LogP contribution in [0, 0.1) is 11.5 Å². The monoisotopic (exact) mass is 578 g/mol. The van der Waals surface area contributed by atoms with E-state index in [1.165, 1.54) is 18.5 Å². The Morgan fingerprint density at radius 2 is 1.76 bits per heavy atom. The van der Waals surface area contributed by atoms with Crippen LogP contribution in [0.25, 0.3) is 0 Å². The molecule has 1 aromatic heterocycles. The topological polar surface area (TPSA) is 86.9 Å². The van der Waals surface area contributed by atoms with Gasteiger partial charge in [0.2, 0.25) is 18.0 Å². The Balaban J connectivity index is 1.51. The smallest absolute Gasteiger partial charge is 0.416 e. The Kier molecular flexibility index (Phi) is 7.94. The highest BCUT2D eigenvalue weighted by atomic mass is 35.5. The second-order valence-electron chi connectivity index (χ2n) is 9.02. The third kappa shape index (κ3) is 6.34. The molecule has 0 N–H and O–H groups in total. The number of anilines is 1. The molecule has 12 heteroatoms. The average molecular weight is 579 g/mol. The number of rotatable bonds is 7. The molecule has 8 nitrogen and oxygen atoms in total. The Labute approximate surface area is 238 Å². The minimum atomic E-state index is -4.52. The van der Waals surface area contributed by atoms with Crippen LogP contribution in [0.5, 0.6) is 17.4 Å². The molecule has 0 saturated carbocycles. The fourth-order valence-electron chi connectivity index (χ4n) is 4.47. The first kappa shape index (κ1) is 27.7. The Hall–Kier alpha value is -4.82. The van der Waals surface area contributed by atoms with Crippen LogP contribution in [0.1, 0.15) is 22.7 Å². The minimum Gasteiger partial charge on any atom is -0.497 e. The fraction of sp³-hybridized carbons (Fsp3) is 0.172. The highest BCUT2D eigenvalue weighted by Gasteiger charge is 2.40. The fourth-order valence-corrected chi connectivity index (χ4v) is 4.59. The Morgan fingerprint density at radius 3 is 2.39 bits per heavy atom. The summed E-state index contributed by atoms with van der Waals surface area (Å²) in [5, 5.41) is 10.1. The molecule has 1 saturated heterocycles. The van der Waals surface area contributed by atoms with Crippen molar-refractivity contribution < 1.29 is 22.6 Å². The number of nitriles is 1. The van der Waals surface area contributed by atoms with Gasteiger partial charge in [0.05, 0.1) is 31.1 Å². The zero-order chi connectivity index (χ0) is 29.0. The molecule has 0 radical (unpaired) electrons. The molecule has 4 aromatic rings. The number of aliphatic imine (C=N–C) groups is 1. The molecule has 208 valence electrons. The molecule has 1 fully saturated rings. The van der Waals surface area contributed by atoms with Crippen molar-refractivity contribution in [1.29, 1.82) is 5.26 Å². The van der Waals surface area contributed by atoms with Gasteiger partial charge in [-0.05, 0) is 59.7 Å². The van der Waals surface area contributed by atoms with Gasteiger partial charge in [0.25, 0.3) is 0 Å². The zero-order valence-electron chi connectivity index (χ0n) is 21.6. The minimum absolute atomic E-state index is 0.194. The summed E-state index contributed by atoms with van der Waals surface area (Å²) in [7, 11) is 1.57. The van der Waals surface area contributed by atoms with Crippen LogP contribution < -0.4 is 14.4 Å². The summed E-state index contributed by atoms with van der Waals surface area (Å²) in [6.07, 6.45) is 0.117. The second kappa shape index (κ2) is 11.7. The zero-order valence-corrected chi connectivity index (χ0v) is 22.3. The van der Waals surface area contributed by atoms with Crippen LogP contribution >= 0.6 is 11.6 Å². The summed E-state index contributed by atoms with van der Waals surface area (Å²) in [5.41, 5.74) is 0.491. The van der Waals surface area contributed by atoms with Crippen molar-refractivity contribution >= 4 is 23.4 Å². The van der Waals surface area contributed by atoms with Crippen LogP contribution in [-0.4, -0.2) is 34.5 Å². The molecule has 3 aromatic carbocycles. The summed E-state index contributed by atoms with van der Waals surface area (Å²) in [5.74, 6) is 1.88. The lowest BCUT2D eigenvalue weighted by Crippen LogP contribution is -2.34. The van der Waals surface area contributed by atoms with Gasteiger partial charge in [-0.15, -0.1) is 4.99 Å². The van der Waals surface area contributed by atoms with E-state index in [9.17, 15) is 18.4 Å². The maximum Gasteiger partial charge on any atom is 0.416 e. The molecular weight excluding hydrogens is 557 g/mol. The maximum atomic E-state index is 13.6. The van der Waals surface area contributed by atoms with Gasteiger partial charge < -0.3 is 14.4 Å². The van der Waals surface area contributed by atoms with E-state index in [2.05, 4.69) is 15.0 Å². The molecule has 1 atom stereocenters. The first-order valence-corrected chi connectivity index (χ1v) is 12.7. The van der Waals surface area contributed by atoms with E-state index in [0.29, 0.717) is 28.6 Å². The van der Waals surface area contributed by atoms with E-state index in [4.69, 9.17) is 21.1 Å². The average Bonchev–Trinajstić information content (AvgIpc) is 3.32. The third-order valence-electron chi connectivity index (χ3n) is 6.38. The van der Waals surface area contributed by atoms with Crippen molar-refractivity contribution in [2.24, 2.45) is 4.99 Å². The standard InChI is InChI=1S/C29H22ClF3N6O2/c1-40-23-9-5-19(6-10-23)16-38-17-25(20-3-2-4-21(13-20)29(31,32)33)39(28(38)37-18-34)26-14-36-27(15-35-26)41-24-11-7-22(30)8-12-24/h2-15,25H,16-17H2,1H3/t25-/m1/s1. The highest BCUT2D eigenvalue weighted by Crippen LogP contribution is 2.37. The van der Waals surface area contributed by atoms with Gasteiger partial charge >= 0.3 is 6.18 Å². The number of aromatic nitrogens is 2. The van der Waals surface area contributed by atoms with Crippen molar-refractivity contribution in [3.63, 3.8) is 0 Å². The van der Waals surface area contributed by atoms with Gasteiger partial charge in [-0.2, -0.15) is 18.4 Å². The Bertz CT molecular complexity index is 1570. The van der Waals surface area contributed by atoms with Gasteiger partial charge in [-0.25, -0.2) is 9.97 Å². The SMILES string of the molecule is COc1ccc(CN2C[C@H](c3cccc(C(F)(F)F)c3)N(c3cnc(Oc4ccc(Cl)cc4)cn3)C2=NC#N)cc1. The maximum absolute atomic E-state index is 13.6. The summed E-state index contributed by atoms with van der Waals surface area (Å²) in [4.78, 5) is 16.3. The number of nitrogens with zero attached hydrogens (tertiary/aromatic N) is 6. The molecule has 0 amide bonds. The van der Waals surface area contributed by atoms with Crippen LogP contribution in [0.4, 0.5) is 19.0 Å². The van der Waals surface area contributed by atoms with E-state index in [0.717, 1.165) is 17.7 Å². The number of guanidine groups is 1. The van der Waals surface area contributed by atoms with Crippen LogP contribution in [0.2, 0.25) is 5.02 Å². The molecular formula is C29H22ClF3N6O2. The summed E-state index contributed by atoms with van der Waals surface area (Å²) in [6.45, 7) is 0.570.